The van der Waals surface area contributed by atoms with Crippen LogP contribution in [0.15, 0.2) is 11.8 Å². The first-order chi connectivity index (χ1) is 7.38. The van der Waals surface area contributed by atoms with Gasteiger partial charge >= 0.3 is 0 Å². The minimum absolute atomic E-state index is 0.432. The fourth-order valence-corrected chi connectivity index (χ4v) is 1.85. The van der Waals surface area contributed by atoms with Crippen molar-refractivity contribution >= 4 is 0 Å². The number of rotatable bonds is 7. The largest absolute Gasteiger partial charge is 0.501 e. The molecule has 15 heavy (non-hydrogen) atoms. The second kappa shape index (κ2) is 7.71. The van der Waals surface area contributed by atoms with Crippen molar-refractivity contribution in [1.29, 1.82) is 0 Å². The van der Waals surface area contributed by atoms with Gasteiger partial charge in [0.25, 0.3) is 0 Å². The summed E-state index contributed by atoms with van der Waals surface area (Å²) in [5, 5.41) is 3.48. The molecule has 1 atom stereocenters. The van der Waals surface area contributed by atoms with Crippen LogP contribution in [0.5, 0.6) is 0 Å². The van der Waals surface area contributed by atoms with E-state index in [2.05, 4.69) is 12.2 Å². The first kappa shape index (κ1) is 12.5. The molecule has 88 valence electrons. The molecule has 0 radical (unpaired) electrons. The van der Waals surface area contributed by atoms with Crippen LogP contribution in [0.1, 0.15) is 33.1 Å². The second-order valence-electron chi connectivity index (χ2n) is 3.76. The zero-order chi connectivity index (χ0) is 10.9. The van der Waals surface area contributed by atoms with Crippen LogP contribution in [0.2, 0.25) is 0 Å². The van der Waals surface area contributed by atoms with Gasteiger partial charge in [0.05, 0.1) is 12.9 Å². The van der Waals surface area contributed by atoms with Crippen LogP contribution in [0.4, 0.5) is 0 Å². The van der Waals surface area contributed by atoms with Gasteiger partial charge in [-0.25, -0.2) is 0 Å². The summed E-state index contributed by atoms with van der Waals surface area (Å²) in [4.78, 5) is 0. The lowest BCUT2D eigenvalue weighted by atomic mass is 9.99. The Morgan fingerprint density at radius 2 is 2.40 bits per heavy atom. The Morgan fingerprint density at radius 3 is 3.00 bits per heavy atom. The van der Waals surface area contributed by atoms with E-state index in [0.29, 0.717) is 6.04 Å². The summed E-state index contributed by atoms with van der Waals surface area (Å²) in [5.41, 5.74) is 1.39. The van der Waals surface area contributed by atoms with Crippen molar-refractivity contribution in [1.82, 2.24) is 5.32 Å². The van der Waals surface area contributed by atoms with Crippen molar-refractivity contribution < 1.29 is 9.47 Å². The Balaban J connectivity index is 2.37. The van der Waals surface area contributed by atoms with E-state index in [4.69, 9.17) is 9.47 Å². The second-order valence-corrected chi connectivity index (χ2v) is 3.76. The van der Waals surface area contributed by atoms with Crippen molar-refractivity contribution in [2.24, 2.45) is 0 Å². The number of hydrogen-bond donors (Lipinski definition) is 1. The Kier molecular flexibility index (Phi) is 6.44. The molecule has 0 aliphatic carbocycles. The van der Waals surface area contributed by atoms with E-state index in [1.807, 2.05) is 13.2 Å². The molecule has 1 aliphatic heterocycles. The van der Waals surface area contributed by atoms with Crippen LogP contribution < -0.4 is 5.32 Å². The Labute approximate surface area is 92.8 Å². The zero-order valence-corrected chi connectivity index (χ0v) is 9.92. The predicted octanol–water partition coefficient (Wildman–Crippen LogP) is 2.09. The Hall–Kier alpha value is -0.540. The zero-order valence-electron chi connectivity index (χ0n) is 9.92. The molecule has 0 saturated carbocycles. The van der Waals surface area contributed by atoms with Crippen LogP contribution in [-0.4, -0.2) is 32.4 Å². The van der Waals surface area contributed by atoms with E-state index in [0.717, 1.165) is 45.6 Å². The van der Waals surface area contributed by atoms with E-state index < -0.39 is 0 Å². The molecule has 1 unspecified atom stereocenters. The highest BCUT2D eigenvalue weighted by molar-refractivity contribution is 5.09. The van der Waals surface area contributed by atoms with E-state index in [1.165, 1.54) is 5.57 Å². The maximum Gasteiger partial charge on any atom is 0.0876 e. The Bertz CT molecular complexity index is 192. The lowest BCUT2D eigenvalue weighted by Crippen LogP contribution is -2.33. The van der Waals surface area contributed by atoms with E-state index in [1.54, 1.807) is 0 Å². The highest BCUT2D eigenvalue weighted by atomic mass is 16.5. The average molecular weight is 213 g/mol. The lowest BCUT2D eigenvalue weighted by molar-refractivity contribution is 0.137. The van der Waals surface area contributed by atoms with Gasteiger partial charge in [0.1, 0.15) is 0 Å². The van der Waals surface area contributed by atoms with Gasteiger partial charge in [0, 0.05) is 19.3 Å². The predicted molar refractivity (Wildman–Crippen MR) is 61.8 cm³/mol. The molecule has 0 aromatic heterocycles. The first-order valence-corrected chi connectivity index (χ1v) is 6.00. The van der Waals surface area contributed by atoms with Crippen LogP contribution in [-0.2, 0) is 9.47 Å². The van der Waals surface area contributed by atoms with Crippen molar-refractivity contribution in [3.63, 3.8) is 0 Å². The fourth-order valence-electron chi connectivity index (χ4n) is 1.85. The topological polar surface area (TPSA) is 30.5 Å². The number of nitrogens with one attached hydrogen (secondary N) is 1. The monoisotopic (exact) mass is 213 g/mol. The third-order valence-corrected chi connectivity index (χ3v) is 2.62. The maximum atomic E-state index is 5.39. The number of likely N-dealkylation sites (N-methyl/N-ethyl adjacent to an activating group) is 1. The molecule has 0 aromatic rings. The molecule has 0 spiro atoms. The molecule has 3 nitrogen and oxygen atoms in total. The van der Waals surface area contributed by atoms with Gasteiger partial charge in [-0.05, 0) is 38.3 Å². The summed E-state index contributed by atoms with van der Waals surface area (Å²) in [7, 11) is 0. The number of hydrogen-bond acceptors (Lipinski definition) is 3. The first-order valence-electron chi connectivity index (χ1n) is 6.00. The third kappa shape index (κ3) is 4.67. The van der Waals surface area contributed by atoms with Gasteiger partial charge in [0.2, 0.25) is 0 Å². The fraction of sp³-hybridized carbons (Fsp3) is 0.833. The summed E-state index contributed by atoms with van der Waals surface area (Å²) < 4.78 is 10.8. The molecule has 1 heterocycles. The van der Waals surface area contributed by atoms with Gasteiger partial charge in [0.15, 0.2) is 0 Å². The molecular weight excluding hydrogens is 190 g/mol. The van der Waals surface area contributed by atoms with E-state index in [9.17, 15) is 0 Å². The highest BCUT2D eigenvalue weighted by Gasteiger charge is 2.15. The molecule has 1 aliphatic rings. The van der Waals surface area contributed by atoms with Crippen LogP contribution in [0.3, 0.4) is 0 Å². The minimum Gasteiger partial charge on any atom is -0.501 e. The van der Waals surface area contributed by atoms with Crippen molar-refractivity contribution in [3.8, 4) is 0 Å². The van der Waals surface area contributed by atoms with Gasteiger partial charge in [-0.1, -0.05) is 6.92 Å². The van der Waals surface area contributed by atoms with Crippen molar-refractivity contribution in [2.75, 3.05) is 26.4 Å². The van der Waals surface area contributed by atoms with Crippen molar-refractivity contribution in [3.05, 3.63) is 11.8 Å². The molecule has 1 N–H and O–H groups in total. The summed E-state index contributed by atoms with van der Waals surface area (Å²) in [6, 6.07) is 0.432. The normalized spacial score (nSPS) is 18.1. The molecule has 0 aromatic carbocycles. The summed E-state index contributed by atoms with van der Waals surface area (Å²) >= 11 is 0. The molecule has 3 heteroatoms. The molecule has 1 rings (SSSR count). The van der Waals surface area contributed by atoms with Crippen LogP contribution in [0, 0.1) is 0 Å². The summed E-state index contributed by atoms with van der Waals surface area (Å²) in [6.07, 6.45) is 5.27. The standard InChI is InChI=1S/C12H23NO2/c1-3-13-12(7-9-14-4-2)11-6-5-8-15-10-11/h10,12-13H,3-9H2,1-2H3. The molecule has 0 bridgehead atoms. The van der Waals surface area contributed by atoms with E-state index >= 15 is 0 Å². The van der Waals surface area contributed by atoms with Gasteiger partial charge < -0.3 is 14.8 Å². The minimum atomic E-state index is 0.432. The Morgan fingerprint density at radius 1 is 1.53 bits per heavy atom. The smallest absolute Gasteiger partial charge is 0.0876 e. The third-order valence-electron chi connectivity index (χ3n) is 2.62. The lowest BCUT2D eigenvalue weighted by Gasteiger charge is -2.23. The SMILES string of the molecule is CCNC(CCOCC)C1=COCCC1. The average Bonchev–Trinajstić information content (AvgIpc) is 2.29. The van der Waals surface area contributed by atoms with Gasteiger partial charge in [-0.3, -0.25) is 0 Å². The molecule has 0 saturated heterocycles. The summed E-state index contributed by atoms with van der Waals surface area (Å²) in [5.74, 6) is 0. The summed E-state index contributed by atoms with van der Waals surface area (Å²) in [6.45, 7) is 7.66. The molecule has 0 fully saturated rings. The van der Waals surface area contributed by atoms with Gasteiger partial charge in [-0.2, -0.15) is 0 Å². The quantitative estimate of drug-likeness (QED) is 0.657. The molecule has 0 amide bonds. The van der Waals surface area contributed by atoms with E-state index in [-0.39, 0.29) is 0 Å². The highest BCUT2D eigenvalue weighted by Crippen LogP contribution is 2.17. The van der Waals surface area contributed by atoms with Gasteiger partial charge in [-0.15, -0.1) is 0 Å². The van der Waals surface area contributed by atoms with Crippen molar-refractivity contribution in [2.45, 2.75) is 39.2 Å². The molecular formula is C12H23NO2. The maximum absolute atomic E-state index is 5.39. The van der Waals surface area contributed by atoms with Crippen LogP contribution in [0.25, 0.3) is 0 Å². The van der Waals surface area contributed by atoms with Crippen LogP contribution >= 0.6 is 0 Å². The number of ether oxygens (including phenoxy) is 2.